The van der Waals surface area contributed by atoms with Crippen molar-refractivity contribution < 1.29 is 0 Å². The van der Waals surface area contributed by atoms with E-state index in [2.05, 4.69) is 56.0 Å². The number of aromatic nitrogens is 1. The molecule has 0 aliphatic rings. The number of nitrogens with one attached hydrogen (secondary N) is 1. The lowest BCUT2D eigenvalue weighted by Gasteiger charge is -2.21. The van der Waals surface area contributed by atoms with Gasteiger partial charge in [0.1, 0.15) is 0 Å². The zero-order valence-electron chi connectivity index (χ0n) is 11.2. The van der Waals surface area contributed by atoms with Crippen molar-refractivity contribution in [3.63, 3.8) is 0 Å². The first kappa shape index (κ1) is 13.3. The zero-order valence-corrected chi connectivity index (χ0v) is 11.2. The van der Waals surface area contributed by atoms with E-state index in [0.717, 1.165) is 13.1 Å². The summed E-state index contributed by atoms with van der Waals surface area (Å²) in [6.07, 6.45) is 6.88. The molecule has 1 unspecified atom stereocenters. The van der Waals surface area contributed by atoms with E-state index in [4.69, 9.17) is 0 Å². The standard InChI is InChI=1S/C14H26N2/c1-5-8-15-14(12(3)4)13-7-10-16(11-13)9-6-2/h7,10-12,14-15H,5-6,8-9H2,1-4H3. The van der Waals surface area contributed by atoms with Crippen LogP contribution in [0.25, 0.3) is 0 Å². The molecule has 92 valence electrons. The summed E-state index contributed by atoms with van der Waals surface area (Å²) in [6, 6.07) is 2.75. The van der Waals surface area contributed by atoms with E-state index in [1.807, 2.05) is 0 Å². The molecule has 0 saturated carbocycles. The first-order valence-corrected chi connectivity index (χ1v) is 6.58. The number of rotatable bonds is 7. The van der Waals surface area contributed by atoms with Gasteiger partial charge in [-0.15, -0.1) is 0 Å². The molecule has 1 N–H and O–H groups in total. The van der Waals surface area contributed by atoms with Crippen LogP contribution in [-0.2, 0) is 6.54 Å². The van der Waals surface area contributed by atoms with Crippen LogP contribution in [0.1, 0.15) is 52.1 Å². The van der Waals surface area contributed by atoms with Crippen molar-refractivity contribution >= 4 is 0 Å². The summed E-state index contributed by atoms with van der Waals surface area (Å²) in [5.74, 6) is 0.643. The summed E-state index contributed by atoms with van der Waals surface area (Å²) in [5, 5.41) is 3.63. The highest BCUT2D eigenvalue weighted by Crippen LogP contribution is 2.22. The smallest absolute Gasteiger partial charge is 0.0358 e. The fourth-order valence-electron chi connectivity index (χ4n) is 2.08. The first-order chi connectivity index (χ1) is 7.69. The predicted octanol–water partition coefficient (Wildman–Crippen LogP) is 3.59. The molecular formula is C14H26N2. The van der Waals surface area contributed by atoms with Gasteiger partial charge in [0.05, 0.1) is 0 Å². The van der Waals surface area contributed by atoms with Crippen LogP contribution in [0.5, 0.6) is 0 Å². The monoisotopic (exact) mass is 222 g/mol. The molecule has 0 bridgehead atoms. The predicted molar refractivity (Wildman–Crippen MR) is 70.6 cm³/mol. The van der Waals surface area contributed by atoms with Gasteiger partial charge < -0.3 is 9.88 Å². The summed E-state index contributed by atoms with van der Waals surface area (Å²) in [7, 11) is 0. The highest BCUT2D eigenvalue weighted by molar-refractivity contribution is 5.16. The molecule has 16 heavy (non-hydrogen) atoms. The third-order valence-electron chi connectivity index (χ3n) is 2.90. The highest BCUT2D eigenvalue weighted by Gasteiger charge is 2.15. The summed E-state index contributed by atoms with van der Waals surface area (Å²) < 4.78 is 2.29. The second kappa shape index (κ2) is 6.74. The van der Waals surface area contributed by atoms with Crippen LogP contribution < -0.4 is 5.32 Å². The number of nitrogens with zero attached hydrogens (tertiary/aromatic N) is 1. The third-order valence-corrected chi connectivity index (χ3v) is 2.90. The molecule has 1 atom stereocenters. The summed E-state index contributed by atoms with van der Waals surface area (Å²) >= 11 is 0. The molecule has 1 aromatic heterocycles. The van der Waals surface area contributed by atoms with Crippen molar-refractivity contribution in [1.29, 1.82) is 0 Å². The summed E-state index contributed by atoms with van der Waals surface area (Å²) in [5.41, 5.74) is 1.43. The van der Waals surface area contributed by atoms with Gasteiger partial charge in [-0.05, 0) is 36.9 Å². The summed E-state index contributed by atoms with van der Waals surface area (Å²) in [4.78, 5) is 0. The Morgan fingerprint density at radius 2 is 2.00 bits per heavy atom. The first-order valence-electron chi connectivity index (χ1n) is 6.58. The van der Waals surface area contributed by atoms with Crippen LogP contribution in [0.4, 0.5) is 0 Å². The maximum atomic E-state index is 3.63. The SMILES string of the molecule is CCCNC(c1ccn(CCC)c1)C(C)C. The normalized spacial score (nSPS) is 13.3. The van der Waals surface area contributed by atoms with Gasteiger partial charge in [0.15, 0.2) is 0 Å². The Morgan fingerprint density at radius 3 is 2.56 bits per heavy atom. The molecule has 0 amide bonds. The number of aryl methyl sites for hydroxylation is 1. The van der Waals surface area contributed by atoms with Crippen LogP contribution in [-0.4, -0.2) is 11.1 Å². The van der Waals surface area contributed by atoms with E-state index in [1.54, 1.807) is 0 Å². The Labute approximate surface area is 100 Å². The van der Waals surface area contributed by atoms with Gasteiger partial charge in [0, 0.05) is 25.0 Å². The van der Waals surface area contributed by atoms with Gasteiger partial charge in [-0.25, -0.2) is 0 Å². The van der Waals surface area contributed by atoms with Crippen LogP contribution in [0, 0.1) is 5.92 Å². The molecule has 2 nitrogen and oxygen atoms in total. The van der Waals surface area contributed by atoms with Crippen molar-refractivity contribution in [2.45, 2.75) is 53.1 Å². The van der Waals surface area contributed by atoms with E-state index >= 15 is 0 Å². The minimum Gasteiger partial charge on any atom is -0.354 e. The Balaban J connectivity index is 2.68. The third kappa shape index (κ3) is 3.67. The van der Waals surface area contributed by atoms with Gasteiger partial charge in [-0.3, -0.25) is 0 Å². The molecule has 0 aliphatic heterocycles. The second-order valence-corrected chi connectivity index (χ2v) is 4.86. The van der Waals surface area contributed by atoms with Gasteiger partial charge in [-0.1, -0.05) is 27.7 Å². The lowest BCUT2D eigenvalue weighted by atomic mass is 9.98. The largest absolute Gasteiger partial charge is 0.354 e. The van der Waals surface area contributed by atoms with Crippen molar-refractivity contribution in [2.24, 2.45) is 5.92 Å². The average Bonchev–Trinajstić information content (AvgIpc) is 2.67. The molecule has 0 aliphatic carbocycles. The quantitative estimate of drug-likeness (QED) is 0.746. The van der Waals surface area contributed by atoms with E-state index in [9.17, 15) is 0 Å². The zero-order chi connectivity index (χ0) is 12.0. The lowest BCUT2D eigenvalue weighted by molar-refractivity contribution is 0.412. The molecule has 1 heterocycles. The van der Waals surface area contributed by atoms with Crippen LogP contribution in [0.15, 0.2) is 18.5 Å². The average molecular weight is 222 g/mol. The Kier molecular flexibility index (Phi) is 5.61. The fraction of sp³-hybridized carbons (Fsp3) is 0.714. The number of hydrogen-bond acceptors (Lipinski definition) is 1. The van der Waals surface area contributed by atoms with E-state index in [1.165, 1.54) is 18.4 Å². The fourth-order valence-corrected chi connectivity index (χ4v) is 2.08. The number of hydrogen-bond donors (Lipinski definition) is 1. The van der Waals surface area contributed by atoms with Crippen LogP contribution in [0.3, 0.4) is 0 Å². The van der Waals surface area contributed by atoms with Gasteiger partial charge in [-0.2, -0.15) is 0 Å². The van der Waals surface area contributed by atoms with Gasteiger partial charge in [0.25, 0.3) is 0 Å². The molecule has 2 heteroatoms. The lowest BCUT2D eigenvalue weighted by Crippen LogP contribution is -2.26. The molecule has 0 aromatic carbocycles. The second-order valence-electron chi connectivity index (χ2n) is 4.86. The summed E-state index contributed by atoms with van der Waals surface area (Å²) in [6.45, 7) is 11.2. The maximum Gasteiger partial charge on any atom is 0.0358 e. The Hall–Kier alpha value is -0.760. The minimum absolute atomic E-state index is 0.498. The molecule has 1 rings (SSSR count). The maximum absolute atomic E-state index is 3.63. The Bertz CT molecular complexity index is 289. The highest BCUT2D eigenvalue weighted by atomic mass is 15.0. The molecule has 0 spiro atoms. The van der Waals surface area contributed by atoms with Crippen molar-refractivity contribution in [3.8, 4) is 0 Å². The van der Waals surface area contributed by atoms with Crippen molar-refractivity contribution in [1.82, 2.24) is 9.88 Å². The minimum atomic E-state index is 0.498. The van der Waals surface area contributed by atoms with Crippen LogP contribution in [0.2, 0.25) is 0 Å². The molecule has 1 aromatic rings. The Morgan fingerprint density at radius 1 is 1.25 bits per heavy atom. The molecular weight excluding hydrogens is 196 g/mol. The van der Waals surface area contributed by atoms with E-state index in [-0.39, 0.29) is 0 Å². The van der Waals surface area contributed by atoms with Gasteiger partial charge >= 0.3 is 0 Å². The van der Waals surface area contributed by atoms with E-state index in [0.29, 0.717) is 12.0 Å². The van der Waals surface area contributed by atoms with E-state index < -0.39 is 0 Å². The van der Waals surface area contributed by atoms with Crippen molar-refractivity contribution in [3.05, 3.63) is 24.0 Å². The molecule has 0 radical (unpaired) electrons. The topological polar surface area (TPSA) is 17.0 Å². The molecule has 0 saturated heterocycles. The van der Waals surface area contributed by atoms with Crippen molar-refractivity contribution in [2.75, 3.05) is 6.54 Å². The molecule has 0 fully saturated rings. The van der Waals surface area contributed by atoms with Crippen LogP contribution >= 0.6 is 0 Å². The van der Waals surface area contributed by atoms with Gasteiger partial charge in [0.2, 0.25) is 0 Å².